The fraction of sp³-hybridized carbons (Fsp3) is 0.400. The first-order valence-electron chi connectivity index (χ1n) is 9.88. The van der Waals surface area contributed by atoms with E-state index in [0.717, 1.165) is 0 Å². The molecule has 1 aromatic carbocycles. The van der Waals surface area contributed by atoms with E-state index < -0.39 is 6.10 Å². The number of hydrogen-bond donors (Lipinski definition) is 4. The van der Waals surface area contributed by atoms with Gasteiger partial charge in [-0.25, -0.2) is 15.0 Å². The van der Waals surface area contributed by atoms with E-state index in [9.17, 15) is 9.90 Å². The first kappa shape index (κ1) is 20.0. The summed E-state index contributed by atoms with van der Waals surface area (Å²) in [6.45, 7) is 1.23. The Kier molecular flexibility index (Phi) is 5.77. The number of amides is 1. The lowest BCUT2D eigenvalue weighted by Crippen LogP contribution is -2.42. The minimum Gasteiger partial charge on any atom is -0.492 e. The van der Waals surface area contributed by atoms with Crippen LogP contribution in [0.3, 0.4) is 0 Å². The number of fused-ring (bicyclic) bond motifs is 1. The van der Waals surface area contributed by atoms with Gasteiger partial charge in [0.05, 0.1) is 24.5 Å². The highest BCUT2D eigenvalue weighted by atomic mass is 16.5. The topological polar surface area (TPSA) is 140 Å². The number of imidazole rings is 1. The maximum Gasteiger partial charge on any atom is 0.251 e. The van der Waals surface area contributed by atoms with Crippen molar-refractivity contribution in [2.75, 3.05) is 25.9 Å². The molecule has 3 atom stereocenters. The van der Waals surface area contributed by atoms with Crippen LogP contribution in [-0.2, 0) is 0 Å². The Morgan fingerprint density at radius 3 is 3.03 bits per heavy atom. The van der Waals surface area contributed by atoms with E-state index in [1.165, 1.54) is 6.33 Å². The molecule has 4 rings (SSSR count). The number of carbonyl (C=O) groups excluding carboxylic acids is 1. The average Bonchev–Trinajstić information content (AvgIpc) is 3.33. The predicted molar refractivity (Wildman–Crippen MR) is 111 cm³/mol. The van der Waals surface area contributed by atoms with Crippen LogP contribution in [0, 0.1) is 0 Å². The van der Waals surface area contributed by atoms with Crippen LogP contribution in [0.5, 0.6) is 5.75 Å². The molecule has 0 aliphatic heterocycles. The van der Waals surface area contributed by atoms with E-state index in [2.05, 4.69) is 25.6 Å². The Balaban J connectivity index is 1.44. The number of benzene rings is 1. The van der Waals surface area contributed by atoms with Crippen molar-refractivity contribution in [3.63, 3.8) is 0 Å². The molecule has 0 bridgehead atoms. The van der Waals surface area contributed by atoms with Gasteiger partial charge in [-0.3, -0.25) is 4.79 Å². The number of nitrogens with two attached hydrogens (primary N) is 1. The quantitative estimate of drug-likeness (QED) is 0.412. The Bertz CT molecular complexity index is 1040. The highest BCUT2D eigenvalue weighted by Gasteiger charge is 2.37. The molecule has 1 fully saturated rings. The fourth-order valence-corrected chi connectivity index (χ4v) is 3.78. The zero-order chi connectivity index (χ0) is 21.1. The van der Waals surface area contributed by atoms with Crippen molar-refractivity contribution < 1.29 is 14.6 Å². The van der Waals surface area contributed by atoms with Gasteiger partial charge in [0.2, 0.25) is 0 Å². The second-order valence-corrected chi connectivity index (χ2v) is 7.28. The zero-order valence-electron chi connectivity index (χ0n) is 16.7. The molecule has 1 aliphatic carbocycles. The number of anilines is 1. The van der Waals surface area contributed by atoms with Crippen molar-refractivity contribution >= 4 is 22.9 Å². The van der Waals surface area contributed by atoms with Crippen LogP contribution in [-0.4, -0.2) is 62.9 Å². The largest absolute Gasteiger partial charge is 0.492 e. The molecule has 0 saturated heterocycles. The number of likely N-dealkylation sites (N-methyl/N-ethyl adjacent to an activating group) is 1. The molecular weight excluding hydrogens is 386 g/mol. The third kappa shape index (κ3) is 3.91. The molecule has 5 N–H and O–H groups in total. The summed E-state index contributed by atoms with van der Waals surface area (Å²) in [5.41, 5.74) is 7.42. The van der Waals surface area contributed by atoms with Crippen LogP contribution in [0.15, 0.2) is 36.9 Å². The number of aromatic nitrogens is 4. The van der Waals surface area contributed by atoms with Crippen LogP contribution in [0.25, 0.3) is 11.2 Å². The average molecular weight is 411 g/mol. The van der Waals surface area contributed by atoms with Crippen molar-refractivity contribution in [2.24, 2.45) is 0 Å². The molecule has 1 amide bonds. The first-order valence-corrected chi connectivity index (χ1v) is 9.88. The SMILES string of the molecule is CNCCOc1cccc(C(=O)N[C@H]2CC[C@H](n3cnc4c(N)ncnc43)[C@H]2O)c1. The van der Waals surface area contributed by atoms with Gasteiger partial charge in [-0.05, 0) is 38.1 Å². The highest BCUT2D eigenvalue weighted by molar-refractivity contribution is 5.94. The Labute approximate surface area is 173 Å². The van der Waals surface area contributed by atoms with Crippen molar-refractivity contribution in [2.45, 2.75) is 31.0 Å². The molecule has 1 aliphatic rings. The first-order chi connectivity index (χ1) is 14.6. The molecule has 2 heterocycles. The smallest absolute Gasteiger partial charge is 0.251 e. The summed E-state index contributed by atoms with van der Waals surface area (Å²) in [5.74, 6) is 0.679. The summed E-state index contributed by atoms with van der Waals surface area (Å²) in [5, 5.41) is 16.8. The fourth-order valence-electron chi connectivity index (χ4n) is 3.78. The van der Waals surface area contributed by atoms with Gasteiger partial charge in [0.15, 0.2) is 11.5 Å². The number of carbonyl (C=O) groups is 1. The molecule has 3 aromatic rings. The van der Waals surface area contributed by atoms with Crippen LogP contribution >= 0.6 is 0 Å². The summed E-state index contributed by atoms with van der Waals surface area (Å²) in [4.78, 5) is 25.2. The third-order valence-electron chi connectivity index (χ3n) is 5.36. The predicted octanol–water partition coefficient (Wildman–Crippen LogP) is 0.501. The number of nitrogens with one attached hydrogen (secondary N) is 2. The lowest BCUT2D eigenvalue weighted by molar-refractivity contribution is 0.0816. The van der Waals surface area contributed by atoms with Crippen LogP contribution < -0.4 is 21.1 Å². The number of hydrogen-bond acceptors (Lipinski definition) is 8. The molecule has 158 valence electrons. The van der Waals surface area contributed by atoms with E-state index in [1.807, 2.05) is 13.1 Å². The monoisotopic (exact) mass is 411 g/mol. The number of ether oxygens (including phenoxy) is 1. The lowest BCUT2D eigenvalue weighted by atomic mass is 10.1. The summed E-state index contributed by atoms with van der Waals surface area (Å²) < 4.78 is 7.43. The minimum absolute atomic E-state index is 0.249. The van der Waals surface area contributed by atoms with Gasteiger partial charge in [0.1, 0.15) is 24.2 Å². The highest BCUT2D eigenvalue weighted by Crippen LogP contribution is 2.33. The van der Waals surface area contributed by atoms with Crippen molar-refractivity contribution in [1.29, 1.82) is 0 Å². The molecule has 0 radical (unpaired) electrons. The molecule has 0 spiro atoms. The summed E-state index contributed by atoms with van der Waals surface area (Å²) in [6.07, 6.45) is 3.52. The number of nitrogen functional groups attached to an aromatic ring is 1. The summed E-state index contributed by atoms with van der Waals surface area (Å²) in [7, 11) is 1.85. The number of nitrogens with zero attached hydrogens (tertiary/aromatic N) is 4. The molecular formula is C20H25N7O3. The van der Waals surface area contributed by atoms with Crippen molar-refractivity contribution in [3.05, 3.63) is 42.5 Å². The standard InChI is InChI=1S/C20H25N7O3/c1-22-7-8-30-13-4-2-3-12(9-13)20(29)26-14-5-6-15(17(14)28)27-11-25-16-18(21)23-10-24-19(16)27/h2-4,9-11,14-15,17,22,28H,5-8H2,1H3,(H,26,29)(H2,21,23,24)/t14-,15-,17-/m0/s1. The molecule has 2 aromatic heterocycles. The summed E-state index contributed by atoms with van der Waals surface area (Å²) in [6, 6.07) is 6.37. The van der Waals surface area contributed by atoms with Gasteiger partial charge in [0, 0.05) is 12.1 Å². The van der Waals surface area contributed by atoms with Gasteiger partial charge >= 0.3 is 0 Å². The van der Waals surface area contributed by atoms with Crippen LogP contribution in [0.1, 0.15) is 29.2 Å². The molecule has 10 heteroatoms. The molecule has 0 unspecified atom stereocenters. The van der Waals surface area contributed by atoms with E-state index in [-0.39, 0.29) is 18.0 Å². The van der Waals surface area contributed by atoms with Crippen molar-refractivity contribution in [3.8, 4) is 5.75 Å². The maximum atomic E-state index is 12.7. The van der Waals surface area contributed by atoms with Gasteiger partial charge < -0.3 is 30.8 Å². The minimum atomic E-state index is -0.780. The van der Waals surface area contributed by atoms with E-state index in [4.69, 9.17) is 10.5 Å². The molecule has 10 nitrogen and oxygen atoms in total. The lowest BCUT2D eigenvalue weighted by Gasteiger charge is -2.22. The third-order valence-corrected chi connectivity index (χ3v) is 5.36. The van der Waals surface area contributed by atoms with E-state index >= 15 is 0 Å². The second kappa shape index (κ2) is 8.64. The number of rotatable bonds is 7. The zero-order valence-corrected chi connectivity index (χ0v) is 16.7. The van der Waals surface area contributed by atoms with Gasteiger partial charge in [-0.2, -0.15) is 0 Å². The Hall–Kier alpha value is -3.24. The Morgan fingerprint density at radius 1 is 1.33 bits per heavy atom. The normalized spacial score (nSPS) is 21.1. The van der Waals surface area contributed by atoms with Crippen LogP contribution in [0.4, 0.5) is 5.82 Å². The number of aliphatic hydroxyl groups excluding tert-OH is 1. The Morgan fingerprint density at radius 2 is 2.20 bits per heavy atom. The molecule has 1 saturated carbocycles. The van der Waals surface area contributed by atoms with E-state index in [1.54, 1.807) is 29.1 Å². The molecule has 30 heavy (non-hydrogen) atoms. The van der Waals surface area contributed by atoms with Crippen molar-refractivity contribution in [1.82, 2.24) is 30.2 Å². The second-order valence-electron chi connectivity index (χ2n) is 7.28. The van der Waals surface area contributed by atoms with Gasteiger partial charge in [-0.15, -0.1) is 0 Å². The van der Waals surface area contributed by atoms with E-state index in [0.29, 0.717) is 54.3 Å². The number of aliphatic hydroxyl groups is 1. The van der Waals surface area contributed by atoms with Crippen LogP contribution in [0.2, 0.25) is 0 Å². The van der Waals surface area contributed by atoms with Gasteiger partial charge in [-0.1, -0.05) is 6.07 Å². The maximum absolute atomic E-state index is 12.7. The van der Waals surface area contributed by atoms with Gasteiger partial charge in [0.25, 0.3) is 5.91 Å². The summed E-state index contributed by atoms with van der Waals surface area (Å²) >= 11 is 0.